The van der Waals surface area contributed by atoms with Gasteiger partial charge in [0.2, 0.25) is 5.91 Å². The molecular weight excluding hydrogens is 355 g/mol. The second-order valence-electron chi connectivity index (χ2n) is 5.46. The number of thiazole rings is 1. The van der Waals surface area contributed by atoms with Gasteiger partial charge in [-0.3, -0.25) is 4.79 Å². The number of benzene rings is 2. The van der Waals surface area contributed by atoms with Gasteiger partial charge >= 0.3 is 0 Å². The monoisotopic (exact) mass is 372 g/mol. The van der Waals surface area contributed by atoms with Crippen LogP contribution in [0.15, 0.2) is 47.8 Å². The Kier molecular flexibility index (Phi) is 5.48. The van der Waals surface area contributed by atoms with Crippen LogP contribution in [0.2, 0.25) is 0 Å². The minimum absolute atomic E-state index is 0.0819. The molecule has 0 saturated heterocycles. The van der Waals surface area contributed by atoms with Crippen molar-refractivity contribution in [2.45, 2.75) is 6.42 Å². The number of hydrogen-bond donors (Lipinski definition) is 1. The van der Waals surface area contributed by atoms with Crippen molar-refractivity contribution in [3.63, 3.8) is 0 Å². The number of halogens is 1. The zero-order valence-corrected chi connectivity index (χ0v) is 15.1. The van der Waals surface area contributed by atoms with E-state index in [0.29, 0.717) is 27.9 Å². The summed E-state index contributed by atoms with van der Waals surface area (Å²) in [6.07, 6.45) is 0.0819. The molecular formula is C19H17FN2O3S. The molecule has 3 rings (SSSR count). The molecule has 2 aromatic carbocycles. The maximum Gasteiger partial charge on any atom is 0.230 e. The van der Waals surface area contributed by atoms with Crippen molar-refractivity contribution in [3.8, 4) is 22.8 Å². The van der Waals surface area contributed by atoms with E-state index in [1.165, 1.54) is 23.5 Å². The number of carbonyl (C=O) groups is 1. The standard InChI is InChI=1S/C19H17FN2O3S/c1-24-14-6-7-15(17(10-14)25-2)16-11-26-19(21-16)22-18(23)9-12-4-3-5-13(20)8-12/h3-8,10-11H,9H2,1-2H3,(H,21,22,23). The average molecular weight is 372 g/mol. The molecule has 0 aliphatic heterocycles. The zero-order valence-electron chi connectivity index (χ0n) is 14.3. The van der Waals surface area contributed by atoms with Crippen molar-refractivity contribution in [3.05, 3.63) is 59.2 Å². The lowest BCUT2D eigenvalue weighted by atomic mass is 10.1. The molecule has 0 saturated carbocycles. The minimum atomic E-state index is -0.363. The number of aromatic nitrogens is 1. The number of nitrogens with one attached hydrogen (secondary N) is 1. The van der Waals surface area contributed by atoms with Crippen LogP contribution in [0, 0.1) is 5.82 Å². The number of nitrogens with zero attached hydrogens (tertiary/aromatic N) is 1. The van der Waals surface area contributed by atoms with Crippen molar-refractivity contribution >= 4 is 22.4 Å². The third-order valence-corrected chi connectivity index (χ3v) is 4.45. The number of rotatable bonds is 6. The van der Waals surface area contributed by atoms with E-state index in [1.807, 2.05) is 17.5 Å². The first kappa shape index (κ1) is 17.9. The molecule has 0 radical (unpaired) electrons. The molecule has 0 spiro atoms. The fraction of sp³-hybridized carbons (Fsp3) is 0.158. The summed E-state index contributed by atoms with van der Waals surface area (Å²) in [5.41, 5.74) is 2.10. The Bertz CT molecular complexity index is 927. The minimum Gasteiger partial charge on any atom is -0.497 e. The largest absolute Gasteiger partial charge is 0.497 e. The molecule has 5 nitrogen and oxygen atoms in total. The van der Waals surface area contributed by atoms with E-state index in [2.05, 4.69) is 10.3 Å². The maximum absolute atomic E-state index is 13.2. The SMILES string of the molecule is COc1ccc(-c2csc(NC(=O)Cc3cccc(F)c3)n2)c(OC)c1. The molecule has 134 valence electrons. The predicted octanol–water partition coefficient (Wildman–Crippen LogP) is 4.15. The number of methoxy groups -OCH3 is 2. The van der Waals surface area contributed by atoms with E-state index in [0.717, 1.165) is 5.56 Å². The molecule has 0 aliphatic rings. The van der Waals surface area contributed by atoms with Crippen molar-refractivity contribution in [2.24, 2.45) is 0 Å². The topological polar surface area (TPSA) is 60.5 Å². The Morgan fingerprint density at radius 3 is 2.77 bits per heavy atom. The molecule has 1 N–H and O–H groups in total. The van der Waals surface area contributed by atoms with Crippen molar-refractivity contribution in [1.29, 1.82) is 0 Å². The van der Waals surface area contributed by atoms with Gasteiger partial charge in [-0.25, -0.2) is 9.37 Å². The van der Waals surface area contributed by atoms with Gasteiger partial charge in [-0.2, -0.15) is 0 Å². The smallest absolute Gasteiger partial charge is 0.230 e. The van der Waals surface area contributed by atoms with Gasteiger partial charge in [-0.15, -0.1) is 11.3 Å². The van der Waals surface area contributed by atoms with Crippen molar-refractivity contribution < 1.29 is 18.7 Å². The van der Waals surface area contributed by atoms with Gasteiger partial charge in [-0.05, 0) is 29.8 Å². The average Bonchev–Trinajstić information content (AvgIpc) is 3.09. The number of amides is 1. The third kappa shape index (κ3) is 4.18. The molecule has 0 aliphatic carbocycles. The summed E-state index contributed by atoms with van der Waals surface area (Å²) in [5.74, 6) is 0.702. The highest BCUT2D eigenvalue weighted by Crippen LogP contribution is 2.34. The van der Waals surface area contributed by atoms with Gasteiger partial charge in [0.25, 0.3) is 0 Å². The Balaban J connectivity index is 1.73. The van der Waals surface area contributed by atoms with Crippen LogP contribution in [0.1, 0.15) is 5.56 Å². The van der Waals surface area contributed by atoms with E-state index < -0.39 is 0 Å². The summed E-state index contributed by atoms with van der Waals surface area (Å²) in [5, 5.41) is 5.05. The Morgan fingerprint density at radius 2 is 2.04 bits per heavy atom. The summed E-state index contributed by atoms with van der Waals surface area (Å²) in [7, 11) is 3.16. The highest BCUT2D eigenvalue weighted by atomic mass is 32.1. The summed E-state index contributed by atoms with van der Waals surface area (Å²) in [6, 6.07) is 11.4. The van der Waals surface area contributed by atoms with E-state index in [1.54, 1.807) is 32.4 Å². The number of anilines is 1. The number of ether oxygens (including phenoxy) is 2. The van der Waals surface area contributed by atoms with E-state index in [9.17, 15) is 9.18 Å². The van der Waals surface area contributed by atoms with Gasteiger partial charge in [-0.1, -0.05) is 12.1 Å². The van der Waals surface area contributed by atoms with E-state index in [-0.39, 0.29) is 18.1 Å². The highest BCUT2D eigenvalue weighted by molar-refractivity contribution is 7.14. The van der Waals surface area contributed by atoms with Gasteiger partial charge in [0.05, 0.1) is 26.3 Å². The van der Waals surface area contributed by atoms with E-state index in [4.69, 9.17) is 9.47 Å². The first-order chi connectivity index (χ1) is 12.6. The quantitative estimate of drug-likeness (QED) is 0.706. The summed E-state index contributed by atoms with van der Waals surface area (Å²) >= 11 is 1.31. The fourth-order valence-corrected chi connectivity index (χ4v) is 3.19. The van der Waals surface area contributed by atoms with Crippen LogP contribution in [0.4, 0.5) is 9.52 Å². The van der Waals surface area contributed by atoms with Crippen molar-refractivity contribution in [2.75, 3.05) is 19.5 Å². The second kappa shape index (κ2) is 7.97. The first-order valence-electron chi connectivity index (χ1n) is 7.81. The van der Waals surface area contributed by atoms with Crippen LogP contribution < -0.4 is 14.8 Å². The highest BCUT2D eigenvalue weighted by Gasteiger charge is 2.13. The van der Waals surface area contributed by atoms with Gasteiger partial charge < -0.3 is 14.8 Å². The predicted molar refractivity (Wildman–Crippen MR) is 99.4 cm³/mol. The molecule has 0 atom stereocenters. The number of carbonyl (C=O) groups excluding carboxylic acids is 1. The van der Waals surface area contributed by atoms with Crippen LogP contribution in [0.3, 0.4) is 0 Å². The Labute approximate surface area is 154 Å². The maximum atomic E-state index is 13.2. The Hall–Kier alpha value is -2.93. The van der Waals surface area contributed by atoms with Crippen LogP contribution in [-0.2, 0) is 11.2 Å². The normalized spacial score (nSPS) is 10.4. The molecule has 3 aromatic rings. The molecule has 1 aromatic heterocycles. The molecule has 0 fully saturated rings. The van der Waals surface area contributed by atoms with E-state index >= 15 is 0 Å². The molecule has 1 amide bonds. The lowest BCUT2D eigenvalue weighted by molar-refractivity contribution is -0.115. The molecule has 0 unspecified atom stereocenters. The van der Waals surface area contributed by atoms with Crippen LogP contribution >= 0.6 is 11.3 Å². The zero-order chi connectivity index (χ0) is 18.5. The van der Waals surface area contributed by atoms with Crippen LogP contribution in [-0.4, -0.2) is 25.1 Å². The van der Waals surface area contributed by atoms with Gasteiger partial charge in [0.15, 0.2) is 5.13 Å². The summed E-state index contributed by atoms with van der Waals surface area (Å²) in [6.45, 7) is 0. The number of hydrogen-bond acceptors (Lipinski definition) is 5. The van der Waals surface area contributed by atoms with Crippen molar-refractivity contribution in [1.82, 2.24) is 4.98 Å². The summed E-state index contributed by atoms with van der Waals surface area (Å²) < 4.78 is 23.8. The second-order valence-corrected chi connectivity index (χ2v) is 6.32. The van der Waals surface area contributed by atoms with Crippen LogP contribution in [0.25, 0.3) is 11.3 Å². The molecule has 0 bridgehead atoms. The Morgan fingerprint density at radius 1 is 1.19 bits per heavy atom. The van der Waals surface area contributed by atoms with Gasteiger partial charge in [0.1, 0.15) is 17.3 Å². The fourth-order valence-electron chi connectivity index (χ4n) is 2.46. The molecule has 7 heteroatoms. The van der Waals surface area contributed by atoms with Crippen LogP contribution in [0.5, 0.6) is 11.5 Å². The lowest BCUT2D eigenvalue weighted by Crippen LogP contribution is -2.14. The lowest BCUT2D eigenvalue weighted by Gasteiger charge is -2.08. The first-order valence-corrected chi connectivity index (χ1v) is 8.69. The van der Waals surface area contributed by atoms with Gasteiger partial charge in [0, 0.05) is 17.0 Å². The third-order valence-electron chi connectivity index (χ3n) is 3.69. The molecule has 1 heterocycles. The summed E-state index contributed by atoms with van der Waals surface area (Å²) in [4.78, 5) is 16.6. The molecule has 26 heavy (non-hydrogen) atoms.